The Bertz CT molecular complexity index is 3160. The van der Waals surface area contributed by atoms with Crippen LogP contribution in [0.3, 0.4) is 0 Å². The summed E-state index contributed by atoms with van der Waals surface area (Å²) in [6.45, 7) is 0. The van der Waals surface area contributed by atoms with Crippen LogP contribution >= 0.6 is 0 Å². The largest absolute Gasteiger partial charge is 0.311 e. The Morgan fingerprint density at radius 2 is 0.649 bits per heavy atom. The lowest BCUT2D eigenvalue weighted by molar-refractivity contribution is 1.17. The van der Waals surface area contributed by atoms with Gasteiger partial charge < -0.3 is 14.0 Å². The third kappa shape index (κ3) is 5.60. The molecule has 0 spiro atoms. The van der Waals surface area contributed by atoms with Crippen molar-refractivity contribution in [3.8, 4) is 33.6 Å². The highest BCUT2D eigenvalue weighted by atomic mass is 15.1. The SMILES string of the molecule is c1ccc(N(c2ccc(-c3cccc(-c4ccc5c(c4)c4ccccc4n5-c4ccccc4)c3)cc2)c2ccc(-n3c4ccccc4c4ccccc43)cc2)cc1. The van der Waals surface area contributed by atoms with Crippen LogP contribution < -0.4 is 4.90 Å². The normalized spacial score (nSPS) is 11.5. The van der Waals surface area contributed by atoms with Gasteiger partial charge in [-0.25, -0.2) is 0 Å². The van der Waals surface area contributed by atoms with E-state index in [9.17, 15) is 0 Å². The van der Waals surface area contributed by atoms with Crippen molar-refractivity contribution in [1.29, 1.82) is 0 Å². The predicted molar refractivity (Wildman–Crippen MR) is 241 cm³/mol. The summed E-state index contributed by atoms with van der Waals surface area (Å²) in [5.74, 6) is 0. The Morgan fingerprint density at radius 3 is 1.25 bits per heavy atom. The Labute approximate surface area is 331 Å². The number of rotatable bonds is 7. The number of anilines is 3. The molecule has 268 valence electrons. The molecule has 0 radical (unpaired) electrons. The van der Waals surface area contributed by atoms with Gasteiger partial charge in [-0.1, -0.05) is 127 Å². The molecule has 11 rings (SSSR count). The van der Waals surface area contributed by atoms with Gasteiger partial charge in [0.25, 0.3) is 0 Å². The van der Waals surface area contributed by atoms with Crippen LogP contribution in [0.2, 0.25) is 0 Å². The van der Waals surface area contributed by atoms with Crippen LogP contribution in [0.25, 0.3) is 77.2 Å². The summed E-state index contributed by atoms with van der Waals surface area (Å²) in [5, 5.41) is 5.05. The molecule has 11 aromatic rings. The summed E-state index contributed by atoms with van der Waals surface area (Å²) in [7, 11) is 0. The van der Waals surface area contributed by atoms with Gasteiger partial charge >= 0.3 is 0 Å². The van der Waals surface area contributed by atoms with Crippen molar-refractivity contribution in [3.05, 3.63) is 224 Å². The highest BCUT2D eigenvalue weighted by molar-refractivity contribution is 6.11. The topological polar surface area (TPSA) is 13.1 Å². The summed E-state index contributed by atoms with van der Waals surface area (Å²) in [5.41, 5.74) is 15.2. The van der Waals surface area contributed by atoms with E-state index >= 15 is 0 Å². The lowest BCUT2D eigenvalue weighted by atomic mass is 9.97. The van der Waals surface area contributed by atoms with E-state index < -0.39 is 0 Å². The van der Waals surface area contributed by atoms with Crippen LogP contribution in [-0.4, -0.2) is 9.13 Å². The van der Waals surface area contributed by atoms with Gasteiger partial charge in [0, 0.05) is 50.0 Å². The van der Waals surface area contributed by atoms with Crippen molar-refractivity contribution in [2.45, 2.75) is 0 Å². The molecule has 0 saturated heterocycles. The first-order valence-electron chi connectivity index (χ1n) is 19.5. The Balaban J connectivity index is 0.936. The second kappa shape index (κ2) is 13.6. The average Bonchev–Trinajstić information content (AvgIpc) is 3.80. The molecule has 0 saturated carbocycles. The molecule has 0 bridgehead atoms. The second-order valence-corrected chi connectivity index (χ2v) is 14.6. The first kappa shape index (κ1) is 32.8. The number of hydrogen-bond donors (Lipinski definition) is 0. The van der Waals surface area contributed by atoms with Crippen molar-refractivity contribution in [3.63, 3.8) is 0 Å². The number of fused-ring (bicyclic) bond motifs is 6. The van der Waals surface area contributed by atoms with Gasteiger partial charge in [0.15, 0.2) is 0 Å². The molecular formula is C54H37N3. The molecular weight excluding hydrogens is 691 g/mol. The Hall–Kier alpha value is -7.62. The minimum absolute atomic E-state index is 1.10. The zero-order chi connectivity index (χ0) is 37.7. The molecule has 9 aromatic carbocycles. The fourth-order valence-electron chi connectivity index (χ4n) is 8.66. The lowest BCUT2D eigenvalue weighted by Crippen LogP contribution is -2.10. The molecule has 0 aliphatic carbocycles. The van der Waals surface area contributed by atoms with Crippen LogP contribution in [0.1, 0.15) is 0 Å². The smallest absolute Gasteiger partial charge is 0.0541 e. The van der Waals surface area contributed by atoms with Gasteiger partial charge in [-0.3, -0.25) is 0 Å². The van der Waals surface area contributed by atoms with Gasteiger partial charge in [0.05, 0.1) is 22.1 Å². The zero-order valence-corrected chi connectivity index (χ0v) is 31.2. The fraction of sp³-hybridized carbons (Fsp3) is 0. The predicted octanol–water partition coefficient (Wildman–Crippen LogP) is 14.7. The highest BCUT2D eigenvalue weighted by Gasteiger charge is 2.16. The van der Waals surface area contributed by atoms with Gasteiger partial charge in [-0.15, -0.1) is 0 Å². The van der Waals surface area contributed by atoms with Crippen LogP contribution in [0.5, 0.6) is 0 Å². The minimum Gasteiger partial charge on any atom is -0.311 e. The van der Waals surface area contributed by atoms with E-state index in [4.69, 9.17) is 0 Å². The third-order valence-electron chi connectivity index (χ3n) is 11.3. The van der Waals surface area contributed by atoms with E-state index in [0.717, 1.165) is 22.7 Å². The Kier molecular flexibility index (Phi) is 7.82. The summed E-state index contributed by atoms with van der Waals surface area (Å²) in [6, 6.07) is 81.0. The molecule has 0 unspecified atom stereocenters. The van der Waals surface area contributed by atoms with Crippen LogP contribution in [0, 0.1) is 0 Å². The van der Waals surface area contributed by atoms with Gasteiger partial charge in [0.2, 0.25) is 0 Å². The molecule has 0 atom stereocenters. The third-order valence-corrected chi connectivity index (χ3v) is 11.3. The fourth-order valence-corrected chi connectivity index (χ4v) is 8.66. The second-order valence-electron chi connectivity index (χ2n) is 14.6. The first-order chi connectivity index (χ1) is 28.3. The molecule has 2 heterocycles. The summed E-state index contributed by atoms with van der Waals surface area (Å²) < 4.78 is 4.73. The number of hydrogen-bond acceptors (Lipinski definition) is 1. The molecule has 0 aliphatic rings. The van der Waals surface area contributed by atoms with Crippen molar-refractivity contribution in [1.82, 2.24) is 9.13 Å². The standard InChI is InChI=1S/C54H37N3/c1-3-16-42(17-4-1)55(45-31-33-46(34-32-45)57-51-23-10-7-20-47(51)48-21-8-11-24-52(48)57)44-29-26-38(27-30-44)39-14-13-15-40(36-39)41-28-35-54-50(37-41)49-22-9-12-25-53(49)56(54)43-18-5-2-6-19-43/h1-37H. The number of para-hydroxylation sites is 5. The van der Waals surface area contributed by atoms with Crippen LogP contribution in [0.15, 0.2) is 224 Å². The molecule has 0 aliphatic heterocycles. The number of aromatic nitrogens is 2. The van der Waals surface area contributed by atoms with E-state index in [1.54, 1.807) is 0 Å². The molecule has 0 amide bonds. The molecule has 0 fully saturated rings. The highest BCUT2D eigenvalue weighted by Crippen LogP contribution is 2.39. The van der Waals surface area contributed by atoms with Gasteiger partial charge in [0.1, 0.15) is 0 Å². The van der Waals surface area contributed by atoms with E-state index in [2.05, 4.69) is 238 Å². The monoisotopic (exact) mass is 727 g/mol. The van der Waals surface area contributed by atoms with Crippen LogP contribution in [0.4, 0.5) is 17.1 Å². The van der Waals surface area contributed by atoms with Crippen LogP contribution in [-0.2, 0) is 0 Å². The van der Waals surface area contributed by atoms with Crippen molar-refractivity contribution < 1.29 is 0 Å². The average molecular weight is 728 g/mol. The van der Waals surface area contributed by atoms with E-state index in [1.807, 2.05) is 0 Å². The molecule has 57 heavy (non-hydrogen) atoms. The van der Waals surface area contributed by atoms with Gasteiger partial charge in [-0.2, -0.15) is 0 Å². The molecule has 3 nitrogen and oxygen atoms in total. The van der Waals surface area contributed by atoms with Gasteiger partial charge in [-0.05, 0) is 119 Å². The van der Waals surface area contributed by atoms with Crippen molar-refractivity contribution in [2.24, 2.45) is 0 Å². The maximum absolute atomic E-state index is 2.37. The lowest BCUT2D eigenvalue weighted by Gasteiger charge is -2.26. The van der Waals surface area contributed by atoms with E-state index in [0.29, 0.717) is 0 Å². The Morgan fingerprint density at radius 1 is 0.246 bits per heavy atom. The number of nitrogens with zero attached hydrogens (tertiary/aromatic N) is 3. The summed E-state index contributed by atoms with van der Waals surface area (Å²) in [4.78, 5) is 2.33. The maximum Gasteiger partial charge on any atom is 0.0541 e. The minimum atomic E-state index is 1.10. The van der Waals surface area contributed by atoms with Crippen molar-refractivity contribution >= 4 is 60.7 Å². The maximum atomic E-state index is 2.37. The quantitative estimate of drug-likeness (QED) is 0.159. The van der Waals surface area contributed by atoms with E-state index in [-0.39, 0.29) is 0 Å². The molecule has 3 heteroatoms. The number of benzene rings is 9. The summed E-state index contributed by atoms with van der Waals surface area (Å²) >= 11 is 0. The van der Waals surface area contributed by atoms with E-state index in [1.165, 1.54) is 71.6 Å². The molecule has 2 aromatic heterocycles. The zero-order valence-electron chi connectivity index (χ0n) is 31.2. The summed E-state index contributed by atoms with van der Waals surface area (Å²) in [6.07, 6.45) is 0. The first-order valence-corrected chi connectivity index (χ1v) is 19.5. The van der Waals surface area contributed by atoms with Crippen molar-refractivity contribution in [2.75, 3.05) is 4.90 Å². The molecule has 0 N–H and O–H groups in total.